The highest BCUT2D eigenvalue weighted by Gasteiger charge is 2.10. The van der Waals surface area contributed by atoms with Crippen LogP contribution in [0.25, 0.3) is 0 Å². The number of halogens is 1. The van der Waals surface area contributed by atoms with E-state index in [1.54, 1.807) is 0 Å². The van der Waals surface area contributed by atoms with Gasteiger partial charge in [0, 0.05) is 19.6 Å². The summed E-state index contributed by atoms with van der Waals surface area (Å²) in [5.41, 5.74) is 0.817. The number of likely N-dealkylation sites (N-methyl/N-ethyl adjacent to an activating group) is 1. The van der Waals surface area contributed by atoms with E-state index < -0.39 is 0 Å². The first-order valence-corrected chi connectivity index (χ1v) is 6.84. The molecule has 1 aromatic heterocycles. The van der Waals surface area contributed by atoms with Gasteiger partial charge in [-0.2, -0.15) is 5.10 Å². The Kier molecular flexibility index (Phi) is 6.36. The summed E-state index contributed by atoms with van der Waals surface area (Å²) in [6.45, 7) is 7.38. The van der Waals surface area contributed by atoms with Crippen LogP contribution in [-0.2, 0) is 5.88 Å². The van der Waals surface area contributed by atoms with Crippen LogP contribution < -0.4 is 4.90 Å². The molecule has 5 heteroatoms. The highest BCUT2D eigenvalue weighted by atomic mass is 35.5. The summed E-state index contributed by atoms with van der Waals surface area (Å²) in [6, 6.07) is 3.95. The quantitative estimate of drug-likeness (QED) is 0.712. The first-order valence-electron chi connectivity index (χ1n) is 6.31. The third kappa shape index (κ3) is 5.19. The summed E-state index contributed by atoms with van der Waals surface area (Å²) in [7, 11) is 4.16. The van der Waals surface area contributed by atoms with Crippen molar-refractivity contribution in [2.75, 3.05) is 38.6 Å². The molecule has 0 N–H and O–H groups in total. The second-order valence-electron chi connectivity index (χ2n) is 5.16. The average Bonchev–Trinajstić information content (AvgIpc) is 2.34. The molecule has 0 saturated carbocycles. The summed E-state index contributed by atoms with van der Waals surface area (Å²) in [5.74, 6) is 1.94. The smallest absolute Gasteiger partial charge is 0.151 e. The molecule has 1 heterocycles. The fourth-order valence-corrected chi connectivity index (χ4v) is 1.80. The Balaban J connectivity index is 2.73. The lowest BCUT2D eigenvalue weighted by atomic mass is 10.2. The van der Waals surface area contributed by atoms with Crippen LogP contribution in [0.5, 0.6) is 0 Å². The Morgan fingerprint density at radius 2 is 1.89 bits per heavy atom. The topological polar surface area (TPSA) is 32.3 Å². The van der Waals surface area contributed by atoms with Gasteiger partial charge in [0.1, 0.15) is 0 Å². The van der Waals surface area contributed by atoms with Crippen LogP contribution in [0.4, 0.5) is 5.82 Å². The van der Waals surface area contributed by atoms with Crippen molar-refractivity contribution in [3.63, 3.8) is 0 Å². The minimum Gasteiger partial charge on any atom is -0.354 e. The molecule has 0 amide bonds. The zero-order valence-corrected chi connectivity index (χ0v) is 12.5. The van der Waals surface area contributed by atoms with Crippen LogP contribution >= 0.6 is 11.6 Å². The third-order valence-electron chi connectivity index (χ3n) is 2.57. The van der Waals surface area contributed by atoms with Gasteiger partial charge in [0.15, 0.2) is 5.82 Å². The number of rotatable bonds is 7. The number of anilines is 1. The maximum Gasteiger partial charge on any atom is 0.151 e. The molecule has 0 saturated heterocycles. The Morgan fingerprint density at radius 1 is 1.17 bits per heavy atom. The average molecular weight is 271 g/mol. The summed E-state index contributed by atoms with van der Waals surface area (Å²) >= 11 is 5.72. The molecule has 1 rings (SSSR count). The van der Waals surface area contributed by atoms with Gasteiger partial charge in [-0.05, 0) is 32.1 Å². The molecule has 0 spiro atoms. The molecule has 0 bridgehead atoms. The molecule has 0 aliphatic rings. The molecule has 0 aromatic carbocycles. The van der Waals surface area contributed by atoms with Gasteiger partial charge in [0.25, 0.3) is 0 Å². The number of hydrogen-bond acceptors (Lipinski definition) is 4. The third-order valence-corrected chi connectivity index (χ3v) is 2.84. The number of alkyl halides is 1. The predicted molar refractivity (Wildman–Crippen MR) is 77.2 cm³/mol. The first kappa shape index (κ1) is 15.2. The fourth-order valence-electron chi connectivity index (χ4n) is 1.65. The lowest BCUT2D eigenvalue weighted by molar-refractivity contribution is 0.408. The molecule has 18 heavy (non-hydrogen) atoms. The Bertz CT molecular complexity index is 337. The van der Waals surface area contributed by atoms with E-state index in [0.717, 1.165) is 31.1 Å². The SMILES string of the molecule is CC(C)CN(CCN(C)C)c1ccc(CCl)nn1. The highest BCUT2D eigenvalue weighted by Crippen LogP contribution is 2.12. The van der Waals surface area contributed by atoms with Crippen molar-refractivity contribution in [2.45, 2.75) is 19.7 Å². The number of nitrogens with zero attached hydrogens (tertiary/aromatic N) is 4. The normalized spacial score (nSPS) is 11.3. The molecule has 1 aromatic rings. The Morgan fingerprint density at radius 3 is 2.33 bits per heavy atom. The van der Waals surface area contributed by atoms with E-state index in [9.17, 15) is 0 Å². The van der Waals surface area contributed by atoms with Crippen molar-refractivity contribution in [1.29, 1.82) is 0 Å². The van der Waals surface area contributed by atoms with Gasteiger partial charge in [0.05, 0.1) is 11.6 Å². The minimum atomic E-state index is 0.412. The van der Waals surface area contributed by atoms with Crippen LogP contribution in [0.2, 0.25) is 0 Å². The fraction of sp³-hybridized carbons (Fsp3) is 0.692. The van der Waals surface area contributed by atoms with Crippen molar-refractivity contribution >= 4 is 17.4 Å². The zero-order chi connectivity index (χ0) is 13.5. The predicted octanol–water partition coefficient (Wildman–Crippen LogP) is 2.24. The Hall–Kier alpha value is -0.870. The number of aromatic nitrogens is 2. The maximum atomic E-state index is 5.72. The van der Waals surface area contributed by atoms with Gasteiger partial charge in [0.2, 0.25) is 0 Å². The lowest BCUT2D eigenvalue weighted by Crippen LogP contribution is -2.35. The van der Waals surface area contributed by atoms with Crippen LogP contribution in [-0.4, -0.2) is 48.8 Å². The molecule has 0 aliphatic carbocycles. The molecular weight excluding hydrogens is 248 g/mol. The van der Waals surface area contributed by atoms with E-state index in [1.165, 1.54) is 0 Å². The van der Waals surface area contributed by atoms with Gasteiger partial charge >= 0.3 is 0 Å². The second kappa shape index (κ2) is 7.54. The van der Waals surface area contributed by atoms with E-state index in [1.807, 2.05) is 12.1 Å². The van der Waals surface area contributed by atoms with Crippen LogP contribution in [0.15, 0.2) is 12.1 Å². The van der Waals surface area contributed by atoms with Crippen molar-refractivity contribution in [3.8, 4) is 0 Å². The first-order chi connectivity index (χ1) is 8.52. The van der Waals surface area contributed by atoms with E-state index in [0.29, 0.717) is 11.8 Å². The maximum absolute atomic E-state index is 5.72. The van der Waals surface area contributed by atoms with E-state index in [-0.39, 0.29) is 0 Å². The van der Waals surface area contributed by atoms with Crippen molar-refractivity contribution < 1.29 is 0 Å². The zero-order valence-electron chi connectivity index (χ0n) is 11.7. The van der Waals surface area contributed by atoms with E-state index in [4.69, 9.17) is 11.6 Å². The van der Waals surface area contributed by atoms with Crippen molar-refractivity contribution in [1.82, 2.24) is 15.1 Å². The molecular formula is C13H23ClN4. The van der Waals surface area contributed by atoms with E-state index in [2.05, 4.69) is 47.9 Å². The molecule has 0 aliphatic heterocycles. The Labute approximate surface area is 115 Å². The summed E-state index contributed by atoms with van der Waals surface area (Å²) in [6.07, 6.45) is 0. The van der Waals surface area contributed by atoms with Crippen LogP contribution in [0.1, 0.15) is 19.5 Å². The van der Waals surface area contributed by atoms with Gasteiger partial charge in [-0.3, -0.25) is 0 Å². The summed E-state index contributed by atoms with van der Waals surface area (Å²) in [4.78, 5) is 4.45. The van der Waals surface area contributed by atoms with Crippen LogP contribution in [0.3, 0.4) is 0 Å². The van der Waals surface area contributed by atoms with Gasteiger partial charge < -0.3 is 9.80 Å². The summed E-state index contributed by atoms with van der Waals surface area (Å²) in [5, 5.41) is 8.37. The lowest BCUT2D eigenvalue weighted by Gasteiger charge is -2.26. The number of hydrogen-bond donors (Lipinski definition) is 0. The standard InChI is InChI=1S/C13H23ClN4/c1-11(2)10-18(8-7-17(3)4)13-6-5-12(9-14)15-16-13/h5-6,11H,7-10H2,1-4H3. The molecule has 0 atom stereocenters. The molecule has 0 unspecified atom stereocenters. The van der Waals surface area contributed by atoms with Gasteiger partial charge in [-0.15, -0.1) is 16.7 Å². The molecule has 0 fully saturated rings. The van der Waals surface area contributed by atoms with Gasteiger partial charge in [-0.1, -0.05) is 13.8 Å². The molecule has 0 radical (unpaired) electrons. The highest BCUT2D eigenvalue weighted by molar-refractivity contribution is 6.16. The second-order valence-corrected chi connectivity index (χ2v) is 5.43. The van der Waals surface area contributed by atoms with E-state index >= 15 is 0 Å². The van der Waals surface area contributed by atoms with Crippen molar-refractivity contribution in [2.24, 2.45) is 5.92 Å². The van der Waals surface area contributed by atoms with Gasteiger partial charge in [-0.25, -0.2) is 0 Å². The summed E-state index contributed by atoms with van der Waals surface area (Å²) < 4.78 is 0. The largest absolute Gasteiger partial charge is 0.354 e. The van der Waals surface area contributed by atoms with Crippen LogP contribution in [0, 0.1) is 5.92 Å². The molecule has 4 nitrogen and oxygen atoms in total. The monoisotopic (exact) mass is 270 g/mol. The van der Waals surface area contributed by atoms with Crippen molar-refractivity contribution in [3.05, 3.63) is 17.8 Å². The molecule has 102 valence electrons. The minimum absolute atomic E-state index is 0.412.